The minimum Gasteiger partial charge on any atom is -0.444 e. The Kier molecular flexibility index (Phi) is 6.86. The van der Waals surface area contributed by atoms with Crippen LogP contribution in [0.15, 0.2) is 54.2 Å². The monoisotopic (exact) mass is 439 g/mol. The summed E-state index contributed by atoms with van der Waals surface area (Å²) in [5, 5.41) is 7.87. The Hall–Kier alpha value is -3.46. The van der Waals surface area contributed by atoms with Crippen molar-refractivity contribution in [1.82, 2.24) is 15.3 Å². The van der Waals surface area contributed by atoms with Gasteiger partial charge < -0.3 is 21.1 Å². The first kappa shape index (κ1) is 22.2. The fraction of sp³-hybridized carbons (Fsp3) is 0.273. The molecule has 1 atom stereocenters. The average molecular weight is 440 g/mol. The van der Waals surface area contributed by atoms with E-state index in [0.717, 1.165) is 16.8 Å². The number of thiazole rings is 1. The van der Waals surface area contributed by atoms with E-state index in [-0.39, 0.29) is 12.3 Å². The molecule has 1 aromatic carbocycles. The van der Waals surface area contributed by atoms with Crippen molar-refractivity contribution in [1.29, 1.82) is 0 Å². The van der Waals surface area contributed by atoms with E-state index in [9.17, 15) is 9.59 Å². The standard InChI is InChI=1S/C22H25N5O3S/c1-22(2,3)30-21(29)27-17(11-14-5-4-10-24-12-14)19(28)25-16-8-6-15(7-9-16)18-13-31-20(23)26-18/h4-10,12-13,17H,11H2,1-3H3,(H2,23,26)(H,25,28)(H,27,29)/t17-/m0/s1. The van der Waals surface area contributed by atoms with Gasteiger partial charge in [-0.15, -0.1) is 11.3 Å². The van der Waals surface area contributed by atoms with E-state index in [1.54, 1.807) is 51.4 Å². The van der Waals surface area contributed by atoms with Gasteiger partial charge in [-0.25, -0.2) is 9.78 Å². The molecule has 3 aromatic rings. The lowest BCUT2D eigenvalue weighted by Crippen LogP contribution is -2.47. The van der Waals surface area contributed by atoms with Gasteiger partial charge in [0.15, 0.2) is 5.13 Å². The van der Waals surface area contributed by atoms with Crippen molar-refractivity contribution in [3.05, 3.63) is 59.7 Å². The molecule has 2 aromatic heterocycles. The molecule has 2 amide bonds. The number of carbonyl (C=O) groups excluding carboxylic acids is 2. The molecule has 0 unspecified atom stereocenters. The highest BCUT2D eigenvalue weighted by Gasteiger charge is 2.25. The molecule has 0 fully saturated rings. The third-order valence-corrected chi connectivity index (χ3v) is 4.81. The number of hydrogen-bond donors (Lipinski definition) is 3. The summed E-state index contributed by atoms with van der Waals surface area (Å²) >= 11 is 1.37. The van der Waals surface area contributed by atoms with E-state index < -0.39 is 17.7 Å². The number of aromatic nitrogens is 2. The van der Waals surface area contributed by atoms with Gasteiger partial charge >= 0.3 is 6.09 Å². The summed E-state index contributed by atoms with van der Waals surface area (Å²) in [5.74, 6) is -0.361. The number of nitrogens with zero attached hydrogens (tertiary/aromatic N) is 2. The van der Waals surface area contributed by atoms with Gasteiger partial charge in [0.05, 0.1) is 5.69 Å². The fourth-order valence-electron chi connectivity index (χ4n) is 2.79. The normalized spacial score (nSPS) is 12.1. The maximum Gasteiger partial charge on any atom is 0.408 e. The van der Waals surface area contributed by atoms with Crippen LogP contribution in [0.25, 0.3) is 11.3 Å². The number of nitrogens with two attached hydrogens (primary N) is 1. The van der Waals surface area contributed by atoms with Crippen molar-refractivity contribution in [3.63, 3.8) is 0 Å². The number of hydrogen-bond acceptors (Lipinski definition) is 7. The van der Waals surface area contributed by atoms with Crippen LogP contribution in [0.4, 0.5) is 15.6 Å². The first-order valence-corrected chi connectivity index (χ1v) is 10.6. The van der Waals surface area contributed by atoms with Crippen LogP contribution in [0.1, 0.15) is 26.3 Å². The molecule has 4 N–H and O–H groups in total. The smallest absolute Gasteiger partial charge is 0.408 e. The van der Waals surface area contributed by atoms with Crippen molar-refractivity contribution >= 4 is 34.2 Å². The summed E-state index contributed by atoms with van der Waals surface area (Å²) in [4.78, 5) is 33.5. The maximum atomic E-state index is 12.9. The lowest BCUT2D eigenvalue weighted by molar-refractivity contribution is -0.118. The van der Waals surface area contributed by atoms with Crippen molar-refractivity contribution in [2.45, 2.75) is 38.8 Å². The highest BCUT2D eigenvalue weighted by Crippen LogP contribution is 2.24. The fourth-order valence-corrected chi connectivity index (χ4v) is 3.36. The van der Waals surface area contributed by atoms with Gasteiger partial charge in [0.25, 0.3) is 0 Å². The zero-order valence-electron chi connectivity index (χ0n) is 17.6. The average Bonchev–Trinajstić information content (AvgIpc) is 3.14. The van der Waals surface area contributed by atoms with E-state index in [4.69, 9.17) is 10.5 Å². The minimum atomic E-state index is -0.836. The van der Waals surface area contributed by atoms with Gasteiger partial charge in [-0.3, -0.25) is 9.78 Å². The molecule has 9 heteroatoms. The third kappa shape index (κ3) is 6.78. The molecule has 8 nitrogen and oxygen atoms in total. The lowest BCUT2D eigenvalue weighted by atomic mass is 10.1. The Morgan fingerprint density at radius 2 is 1.94 bits per heavy atom. The molecule has 0 saturated carbocycles. The number of pyridine rings is 1. The van der Waals surface area contributed by atoms with E-state index in [1.807, 2.05) is 23.6 Å². The Labute approximate surface area is 184 Å². The second-order valence-electron chi connectivity index (χ2n) is 7.90. The summed E-state index contributed by atoms with van der Waals surface area (Å²) in [6.07, 6.45) is 2.92. The minimum absolute atomic E-state index is 0.273. The molecule has 0 aliphatic heterocycles. The molecule has 3 rings (SSSR count). The molecule has 0 spiro atoms. The van der Waals surface area contributed by atoms with Crippen molar-refractivity contribution in [2.75, 3.05) is 11.1 Å². The van der Waals surface area contributed by atoms with Gasteiger partial charge in [-0.2, -0.15) is 0 Å². The number of amides is 2. The SMILES string of the molecule is CC(C)(C)OC(=O)N[C@@H](Cc1cccnc1)C(=O)Nc1ccc(-c2csc(N)n2)cc1. The molecular weight excluding hydrogens is 414 g/mol. The van der Waals surface area contributed by atoms with Gasteiger partial charge in [-0.1, -0.05) is 18.2 Å². The summed E-state index contributed by atoms with van der Waals surface area (Å²) in [6, 6.07) is 10.0. The number of alkyl carbamates (subject to hydrolysis) is 1. The molecule has 0 radical (unpaired) electrons. The molecule has 31 heavy (non-hydrogen) atoms. The molecule has 0 aliphatic rings. The Morgan fingerprint density at radius 3 is 2.52 bits per heavy atom. The quantitative estimate of drug-likeness (QED) is 0.536. The summed E-state index contributed by atoms with van der Waals surface area (Å²) in [5.41, 5.74) is 8.10. The maximum absolute atomic E-state index is 12.9. The number of benzene rings is 1. The zero-order chi connectivity index (χ0) is 22.4. The van der Waals surface area contributed by atoms with E-state index in [2.05, 4.69) is 20.6 Å². The summed E-state index contributed by atoms with van der Waals surface area (Å²) in [6.45, 7) is 5.29. The number of anilines is 2. The summed E-state index contributed by atoms with van der Waals surface area (Å²) < 4.78 is 5.31. The lowest BCUT2D eigenvalue weighted by Gasteiger charge is -2.23. The molecule has 2 heterocycles. The topological polar surface area (TPSA) is 119 Å². The van der Waals surface area contributed by atoms with Crippen LogP contribution in [-0.2, 0) is 16.0 Å². The first-order valence-electron chi connectivity index (χ1n) is 9.70. The molecule has 162 valence electrons. The second kappa shape index (κ2) is 9.57. The van der Waals surface area contributed by atoms with E-state index in [1.165, 1.54) is 11.3 Å². The van der Waals surface area contributed by atoms with Crippen LogP contribution < -0.4 is 16.4 Å². The molecule has 0 aliphatic carbocycles. The van der Waals surface area contributed by atoms with Crippen molar-refractivity contribution in [2.24, 2.45) is 0 Å². The Balaban J connectivity index is 1.71. The van der Waals surface area contributed by atoms with Gasteiger partial charge in [-0.05, 0) is 44.5 Å². The van der Waals surface area contributed by atoms with Crippen LogP contribution >= 0.6 is 11.3 Å². The number of nitrogens with one attached hydrogen (secondary N) is 2. The Morgan fingerprint density at radius 1 is 1.19 bits per heavy atom. The second-order valence-corrected chi connectivity index (χ2v) is 8.79. The number of ether oxygens (including phenoxy) is 1. The number of rotatable bonds is 6. The van der Waals surface area contributed by atoms with Gasteiger partial charge in [0.2, 0.25) is 5.91 Å². The number of carbonyl (C=O) groups is 2. The highest BCUT2D eigenvalue weighted by atomic mass is 32.1. The number of nitrogen functional groups attached to an aromatic ring is 1. The van der Waals surface area contributed by atoms with Crippen LogP contribution in [0.3, 0.4) is 0 Å². The van der Waals surface area contributed by atoms with Crippen LogP contribution in [0.2, 0.25) is 0 Å². The van der Waals surface area contributed by atoms with E-state index in [0.29, 0.717) is 10.8 Å². The van der Waals surface area contributed by atoms with Crippen LogP contribution in [0.5, 0.6) is 0 Å². The van der Waals surface area contributed by atoms with Gasteiger partial charge in [0, 0.05) is 35.4 Å². The summed E-state index contributed by atoms with van der Waals surface area (Å²) in [7, 11) is 0. The predicted molar refractivity (Wildman–Crippen MR) is 122 cm³/mol. The van der Waals surface area contributed by atoms with Crippen molar-refractivity contribution in [3.8, 4) is 11.3 Å². The highest BCUT2D eigenvalue weighted by molar-refractivity contribution is 7.13. The Bertz CT molecular complexity index is 1030. The van der Waals surface area contributed by atoms with E-state index >= 15 is 0 Å². The largest absolute Gasteiger partial charge is 0.444 e. The van der Waals surface area contributed by atoms with Crippen molar-refractivity contribution < 1.29 is 14.3 Å². The molecule has 0 saturated heterocycles. The third-order valence-electron chi connectivity index (χ3n) is 4.14. The first-order chi connectivity index (χ1) is 14.7. The molecule has 0 bridgehead atoms. The predicted octanol–water partition coefficient (Wildman–Crippen LogP) is 3.86. The van der Waals surface area contributed by atoms with Gasteiger partial charge in [0.1, 0.15) is 11.6 Å². The van der Waals surface area contributed by atoms with Crippen LogP contribution in [-0.4, -0.2) is 33.6 Å². The molecular formula is C22H25N5O3S. The zero-order valence-corrected chi connectivity index (χ0v) is 18.4. The van der Waals surface area contributed by atoms with Crippen LogP contribution in [0, 0.1) is 0 Å².